The molecule has 0 radical (unpaired) electrons. The van der Waals surface area contributed by atoms with Gasteiger partial charge in [0.15, 0.2) is 6.23 Å². The molecule has 5 N–H and O–H groups in total. The molecule has 1 saturated heterocycles. The molecule has 0 unspecified atom stereocenters. The first-order valence-electron chi connectivity index (χ1n) is 9.16. The second-order valence-corrected chi connectivity index (χ2v) is 7.14. The van der Waals surface area contributed by atoms with Crippen molar-refractivity contribution >= 4 is 10.9 Å². The Bertz CT molecular complexity index is 951. The van der Waals surface area contributed by atoms with Gasteiger partial charge in [-0.25, -0.2) is 0 Å². The van der Waals surface area contributed by atoms with Crippen LogP contribution in [-0.4, -0.2) is 61.1 Å². The fourth-order valence-electron chi connectivity index (χ4n) is 3.77. The van der Waals surface area contributed by atoms with Gasteiger partial charge in [-0.2, -0.15) is 0 Å². The number of benzene rings is 2. The second-order valence-electron chi connectivity index (χ2n) is 7.14. The van der Waals surface area contributed by atoms with Crippen molar-refractivity contribution in [1.29, 1.82) is 0 Å². The number of para-hydroxylation sites is 1. The maximum Gasteiger partial charge on any atom is 0.163 e. The predicted molar refractivity (Wildman–Crippen MR) is 102 cm³/mol. The Morgan fingerprint density at radius 1 is 0.893 bits per heavy atom. The molecule has 0 saturated carbocycles. The summed E-state index contributed by atoms with van der Waals surface area (Å²) in [6.45, 7) is -0.471. The fourth-order valence-corrected chi connectivity index (χ4v) is 3.77. The molecule has 7 nitrogen and oxygen atoms in total. The molecule has 0 amide bonds. The van der Waals surface area contributed by atoms with Crippen LogP contribution in [0.2, 0.25) is 0 Å². The summed E-state index contributed by atoms with van der Waals surface area (Å²) in [6, 6.07) is 14.6. The Morgan fingerprint density at radius 3 is 2.32 bits per heavy atom. The number of aliphatic hydroxyl groups excluding tert-OH is 4. The van der Waals surface area contributed by atoms with Gasteiger partial charge in [-0.15, -0.1) is 0 Å². The Hall–Kier alpha value is -2.42. The van der Waals surface area contributed by atoms with E-state index >= 15 is 0 Å². The molecule has 2 heterocycles. The first kappa shape index (κ1) is 18.9. The molecular weight excluding hydrogens is 362 g/mol. The van der Waals surface area contributed by atoms with Gasteiger partial charge in [0.2, 0.25) is 0 Å². The molecule has 148 valence electrons. The second kappa shape index (κ2) is 7.54. The van der Waals surface area contributed by atoms with E-state index in [0.29, 0.717) is 6.42 Å². The van der Waals surface area contributed by atoms with Crippen LogP contribution in [-0.2, 0) is 11.2 Å². The van der Waals surface area contributed by atoms with Crippen molar-refractivity contribution in [2.24, 2.45) is 0 Å². The maximum atomic E-state index is 10.5. The van der Waals surface area contributed by atoms with Gasteiger partial charge in [-0.3, -0.25) is 0 Å². The number of aliphatic hydroxyl groups is 4. The number of phenols is 1. The smallest absolute Gasteiger partial charge is 0.163 e. The Kier molecular flexibility index (Phi) is 5.09. The van der Waals surface area contributed by atoms with Gasteiger partial charge in [0, 0.05) is 11.6 Å². The highest BCUT2D eigenvalue weighted by molar-refractivity contribution is 5.84. The number of rotatable bonds is 4. The van der Waals surface area contributed by atoms with Gasteiger partial charge in [0.1, 0.15) is 30.2 Å². The molecule has 3 aromatic rings. The number of fused-ring (bicyclic) bond motifs is 1. The highest BCUT2D eigenvalue weighted by Crippen LogP contribution is 2.34. The zero-order valence-electron chi connectivity index (χ0n) is 15.1. The van der Waals surface area contributed by atoms with Gasteiger partial charge in [-0.1, -0.05) is 30.3 Å². The lowest BCUT2D eigenvalue weighted by atomic mass is 9.98. The molecule has 1 aliphatic rings. The summed E-state index contributed by atoms with van der Waals surface area (Å²) in [5.41, 5.74) is 2.80. The van der Waals surface area contributed by atoms with E-state index in [0.717, 1.165) is 22.0 Å². The van der Waals surface area contributed by atoms with Crippen molar-refractivity contribution in [3.8, 4) is 5.75 Å². The van der Waals surface area contributed by atoms with Gasteiger partial charge in [-0.05, 0) is 35.7 Å². The van der Waals surface area contributed by atoms with E-state index < -0.39 is 37.3 Å². The molecular formula is C21H23NO6. The van der Waals surface area contributed by atoms with Crippen LogP contribution >= 0.6 is 0 Å². The SMILES string of the molecule is OC[C@H]1O[C@@H](n2cc(Cc3ccc(O)cc3)c3ccccc32)[C@H](O)[C@@H](O)[C@@H]1O. The van der Waals surface area contributed by atoms with Crippen molar-refractivity contribution in [3.05, 3.63) is 65.9 Å². The molecule has 0 aliphatic carbocycles. The number of aromatic nitrogens is 1. The molecule has 1 aromatic heterocycles. The number of aromatic hydroxyl groups is 1. The predicted octanol–water partition coefficient (Wildman–Crippen LogP) is 0.910. The van der Waals surface area contributed by atoms with Crippen LogP contribution in [0.3, 0.4) is 0 Å². The monoisotopic (exact) mass is 385 g/mol. The quantitative estimate of drug-likeness (QED) is 0.456. The largest absolute Gasteiger partial charge is 0.508 e. The Labute approximate surface area is 161 Å². The number of hydrogen-bond donors (Lipinski definition) is 5. The normalized spacial score (nSPS) is 27.9. The lowest BCUT2D eigenvalue weighted by Gasteiger charge is -2.40. The van der Waals surface area contributed by atoms with Crippen LogP contribution in [0.25, 0.3) is 10.9 Å². The highest BCUT2D eigenvalue weighted by atomic mass is 16.6. The van der Waals surface area contributed by atoms with Crippen LogP contribution < -0.4 is 0 Å². The third-order valence-corrected chi connectivity index (χ3v) is 5.30. The summed E-state index contributed by atoms with van der Waals surface area (Å²) in [4.78, 5) is 0. The minimum atomic E-state index is -1.43. The number of nitrogens with zero attached hydrogens (tertiary/aromatic N) is 1. The topological polar surface area (TPSA) is 115 Å². The van der Waals surface area contributed by atoms with Crippen LogP contribution in [0.5, 0.6) is 5.75 Å². The van der Waals surface area contributed by atoms with E-state index in [9.17, 15) is 25.5 Å². The van der Waals surface area contributed by atoms with Gasteiger partial charge >= 0.3 is 0 Å². The van der Waals surface area contributed by atoms with Crippen molar-refractivity contribution in [3.63, 3.8) is 0 Å². The standard InChI is InChI=1S/C21H23NO6/c23-11-17-18(25)19(26)20(27)21(28-17)22-10-13(15-3-1-2-4-16(15)22)9-12-5-7-14(24)8-6-12/h1-8,10,17-21,23-27H,9,11H2/t17-,18-,19+,20-,21-/m1/s1. The average Bonchev–Trinajstić information content (AvgIpc) is 3.07. The van der Waals surface area contributed by atoms with Crippen molar-refractivity contribution < 1.29 is 30.3 Å². The zero-order valence-corrected chi connectivity index (χ0v) is 15.1. The third kappa shape index (κ3) is 3.28. The maximum absolute atomic E-state index is 10.5. The van der Waals surface area contributed by atoms with E-state index in [-0.39, 0.29) is 5.75 Å². The first-order chi connectivity index (χ1) is 13.5. The van der Waals surface area contributed by atoms with E-state index in [2.05, 4.69) is 0 Å². The number of hydrogen-bond acceptors (Lipinski definition) is 6. The molecule has 4 rings (SSSR count). The number of phenolic OH excluding ortho intramolecular Hbond substituents is 1. The van der Waals surface area contributed by atoms with Gasteiger partial charge < -0.3 is 34.8 Å². The molecule has 0 bridgehead atoms. The minimum Gasteiger partial charge on any atom is -0.508 e. The first-order valence-corrected chi connectivity index (χ1v) is 9.16. The Morgan fingerprint density at radius 2 is 1.61 bits per heavy atom. The van der Waals surface area contributed by atoms with E-state index in [1.165, 1.54) is 0 Å². The van der Waals surface area contributed by atoms with Crippen molar-refractivity contribution in [1.82, 2.24) is 4.57 Å². The number of ether oxygens (including phenoxy) is 1. The molecule has 2 aromatic carbocycles. The Balaban J connectivity index is 1.74. The lowest BCUT2D eigenvalue weighted by molar-refractivity contribution is -0.250. The average molecular weight is 385 g/mol. The van der Waals surface area contributed by atoms with E-state index in [1.807, 2.05) is 42.6 Å². The zero-order chi connectivity index (χ0) is 19.8. The minimum absolute atomic E-state index is 0.201. The summed E-state index contributed by atoms with van der Waals surface area (Å²) in [7, 11) is 0. The van der Waals surface area contributed by atoms with E-state index in [1.54, 1.807) is 16.7 Å². The summed E-state index contributed by atoms with van der Waals surface area (Å²) >= 11 is 0. The molecule has 7 heteroatoms. The van der Waals surface area contributed by atoms with E-state index in [4.69, 9.17) is 4.74 Å². The summed E-state index contributed by atoms with van der Waals surface area (Å²) in [5, 5.41) is 50.6. The molecule has 1 aliphatic heterocycles. The molecule has 28 heavy (non-hydrogen) atoms. The van der Waals surface area contributed by atoms with Gasteiger partial charge in [0.25, 0.3) is 0 Å². The van der Waals surface area contributed by atoms with Crippen molar-refractivity contribution in [2.45, 2.75) is 37.1 Å². The third-order valence-electron chi connectivity index (χ3n) is 5.30. The summed E-state index contributed by atoms with van der Waals surface area (Å²) < 4.78 is 7.45. The summed E-state index contributed by atoms with van der Waals surface area (Å²) in [5.74, 6) is 0.201. The van der Waals surface area contributed by atoms with Crippen LogP contribution in [0.4, 0.5) is 0 Å². The highest BCUT2D eigenvalue weighted by Gasteiger charge is 2.44. The van der Waals surface area contributed by atoms with Gasteiger partial charge in [0.05, 0.1) is 12.1 Å². The summed E-state index contributed by atoms with van der Waals surface area (Å²) in [6.07, 6.45) is -3.64. The lowest BCUT2D eigenvalue weighted by Crippen LogP contribution is -2.56. The van der Waals surface area contributed by atoms with Crippen LogP contribution in [0.1, 0.15) is 17.4 Å². The molecule has 5 atom stereocenters. The molecule has 1 fully saturated rings. The fraction of sp³-hybridized carbons (Fsp3) is 0.333. The molecule has 0 spiro atoms. The van der Waals surface area contributed by atoms with Crippen molar-refractivity contribution in [2.75, 3.05) is 6.61 Å². The van der Waals surface area contributed by atoms with Crippen LogP contribution in [0, 0.1) is 0 Å². The van der Waals surface area contributed by atoms with Crippen LogP contribution in [0.15, 0.2) is 54.7 Å².